The fraction of sp³-hybridized carbons (Fsp3) is 0.143. The lowest BCUT2D eigenvalue weighted by Gasteiger charge is -2.07. The minimum Gasteiger partial charge on any atom is -0.369 e. The van der Waals surface area contributed by atoms with Crippen LogP contribution in [0.1, 0.15) is 12.0 Å². The monoisotopic (exact) mass is 257 g/mol. The fourth-order valence-corrected chi connectivity index (χ4v) is 1.76. The predicted molar refractivity (Wildman–Crippen MR) is 71.4 cm³/mol. The van der Waals surface area contributed by atoms with Crippen LogP contribution in [0.3, 0.4) is 0 Å². The maximum Gasteiger partial charge on any atom is 0.229 e. The highest BCUT2D eigenvalue weighted by Crippen LogP contribution is 2.10. The molecule has 0 saturated heterocycles. The topological polar surface area (TPSA) is 77.1 Å². The second-order valence-corrected chi connectivity index (χ2v) is 4.18. The van der Waals surface area contributed by atoms with Gasteiger partial charge >= 0.3 is 0 Å². The fourth-order valence-electron chi connectivity index (χ4n) is 1.76. The summed E-state index contributed by atoms with van der Waals surface area (Å²) in [7, 11) is 0. The van der Waals surface area contributed by atoms with Crippen molar-refractivity contribution in [3.63, 3.8) is 0 Å². The molecule has 0 fully saturated rings. The van der Waals surface area contributed by atoms with E-state index in [-0.39, 0.29) is 12.3 Å². The van der Waals surface area contributed by atoms with Gasteiger partial charge in [0.1, 0.15) is 6.42 Å². The summed E-state index contributed by atoms with van der Waals surface area (Å²) in [5, 5.41) is 2.65. The minimum atomic E-state index is -0.626. The van der Waals surface area contributed by atoms with Gasteiger partial charge in [0.05, 0.1) is 0 Å². The van der Waals surface area contributed by atoms with E-state index in [1.807, 2.05) is 53.4 Å². The number of aromatic nitrogens is 1. The molecule has 0 atom stereocenters. The molecule has 0 unspecified atom stereocenters. The van der Waals surface area contributed by atoms with Gasteiger partial charge in [-0.15, -0.1) is 0 Å². The van der Waals surface area contributed by atoms with Crippen molar-refractivity contribution in [3.05, 3.63) is 54.4 Å². The summed E-state index contributed by atoms with van der Waals surface area (Å²) >= 11 is 0. The van der Waals surface area contributed by atoms with Crippen molar-refractivity contribution >= 4 is 11.8 Å². The molecule has 2 amide bonds. The standard InChI is InChI=1S/C14H15N3O2/c15-13(18)9-14(19)16-10-11-4-3-5-12(8-11)17-6-1-2-7-17/h1-8H,9-10H2,(H2,15,18)(H,16,19). The molecule has 0 aliphatic heterocycles. The van der Waals surface area contributed by atoms with Crippen LogP contribution in [-0.2, 0) is 16.1 Å². The van der Waals surface area contributed by atoms with E-state index in [1.165, 1.54) is 0 Å². The third-order valence-corrected chi connectivity index (χ3v) is 2.64. The van der Waals surface area contributed by atoms with E-state index in [0.29, 0.717) is 6.54 Å². The predicted octanol–water partition coefficient (Wildman–Crippen LogP) is 0.969. The molecule has 3 N–H and O–H groups in total. The first kappa shape index (κ1) is 12.9. The number of carbonyl (C=O) groups is 2. The van der Waals surface area contributed by atoms with Gasteiger partial charge in [0.25, 0.3) is 0 Å². The first-order valence-corrected chi connectivity index (χ1v) is 5.92. The SMILES string of the molecule is NC(=O)CC(=O)NCc1cccc(-n2cccc2)c1. The van der Waals surface area contributed by atoms with Crippen LogP contribution < -0.4 is 11.1 Å². The van der Waals surface area contributed by atoms with Gasteiger partial charge in [-0.1, -0.05) is 12.1 Å². The van der Waals surface area contributed by atoms with E-state index in [0.717, 1.165) is 11.3 Å². The lowest BCUT2D eigenvalue weighted by molar-refractivity contribution is -0.127. The smallest absolute Gasteiger partial charge is 0.229 e. The average molecular weight is 257 g/mol. The zero-order valence-electron chi connectivity index (χ0n) is 10.4. The van der Waals surface area contributed by atoms with E-state index in [4.69, 9.17) is 5.73 Å². The Morgan fingerprint density at radius 1 is 1.16 bits per heavy atom. The molecule has 0 spiro atoms. The first-order chi connectivity index (χ1) is 9.15. The van der Waals surface area contributed by atoms with E-state index in [9.17, 15) is 9.59 Å². The Balaban J connectivity index is 2.00. The molecule has 1 aromatic heterocycles. The van der Waals surface area contributed by atoms with Gasteiger partial charge in [-0.2, -0.15) is 0 Å². The van der Waals surface area contributed by atoms with E-state index >= 15 is 0 Å². The summed E-state index contributed by atoms with van der Waals surface area (Å²) in [6, 6.07) is 11.7. The summed E-state index contributed by atoms with van der Waals surface area (Å²) in [4.78, 5) is 21.9. The van der Waals surface area contributed by atoms with Gasteiger partial charge in [0.15, 0.2) is 0 Å². The van der Waals surface area contributed by atoms with Gasteiger partial charge in [-0.05, 0) is 29.8 Å². The number of carbonyl (C=O) groups excluding carboxylic acids is 2. The van der Waals surface area contributed by atoms with E-state index in [1.54, 1.807) is 0 Å². The highest BCUT2D eigenvalue weighted by molar-refractivity contribution is 5.95. The van der Waals surface area contributed by atoms with Crippen molar-refractivity contribution < 1.29 is 9.59 Å². The van der Waals surface area contributed by atoms with Crippen LogP contribution in [-0.4, -0.2) is 16.4 Å². The molecule has 0 aliphatic rings. The normalized spacial score (nSPS) is 10.1. The second-order valence-electron chi connectivity index (χ2n) is 4.18. The van der Waals surface area contributed by atoms with Crippen LogP contribution in [0.15, 0.2) is 48.8 Å². The molecule has 1 aromatic carbocycles. The van der Waals surface area contributed by atoms with Crippen molar-refractivity contribution in [2.75, 3.05) is 0 Å². The molecular formula is C14H15N3O2. The molecule has 1 heterocycles. The van der Waals surface area contributed by atoms with Crippen LogP contribution in [0.5, 0.6) is 0 Å². The lowest BCUT2D eigenvalue weighted by atomic mass is 10.2. The molecule has 2 rings (SSSR count). The van der Waals surface area contributed by atoms with Crippen LogP contribution >= 0.6 is 0 Å². The summed E-state index contributed by atoms with van der Waals surface area (Å²) in [5.74, 6) is -0.988. The van der Waals surface area contributed by atoms with Crippen LogP contribution in [0, 0.1) is 0 Å². The number of nitrogens with two attached hydrogens (primary N) is 1. The number of hydrogen-bond donors (Lipinski definition) is 2. The van der Waals surface area contributed by atoms with E-state index < -0.39 is 5.91 Å². The number of nitrogens with zero attached hydrogens (tertiary/aromatic N) is 1. The zero-order chi connectivity index (χ0) is 13.7. The van der Waals surface area contributed by atoms with Gasteiger partial charge < -0.3 is 15.6 Å². The maximum absolute atomic E-state index is 11.3. The summed E-state index contributed by atoms with van der Waals surface area (Å²) in [6.07, 6.45) is 3.62. The highest BCUT2D eigenvalue weighted by atomic mass is 16.2. The van der Waals surface area contributed by atoms with Crippen LogP contribution in [0.2, 0.25) is 0 Å². The Labute approximate surface area is 111 Å². The van der Waals surface area contributed by atoms with Gasteiger partial charge in [-0.3, -0.25) is 9.59 Å². The summed E-state index contributed by atoms with van der Waals surface area (Å²) in [6.45, 7) is 0.376. The van der Waals surface area contributed by atoms with Crippen molar-refractivity contribution in [1.29, 1.82) is 0 Å². The number of nitrogens with one attached hydrogen (secondary N) is 1. The Morgan fingerprint density at radius 2 is 1.89 bits per heavy atom. The molecule has 0 radical (unpaired) electrons. The minimum absolute atomic E-state index is 0.280. The van der Waals surface area contributed by atoms with Gasteiger partial charge in [0.2, 0.25) is 11.8 Å². The second kappa shape index (κ2) is 5.86. The molecule has 0 saturated carbocycles. The maximum atomic E-state index is 11.3. The van der Waals surface area contributed by atoms with Gasteiger partial charge in [0, 0.05) is 24.6 Å². The quantitative estimate of drug-likeness (QED) is 0.783. The molecule has 5 heteroatoms. The third kappa shape index (κ3) is 3.70. The van der Waals surface area contributed by atoms with Crippen molar-refractivity contribution in [1.82, 2.24) is 9.88 Å². The average Bonchev–Trinajstić information content (AvgIpc) is 2.90. The molecule has 0 aliphatic carbocycles. The molecular weight excluding hydrogens is 242 g/mol. The number of primary amides is 1. The molecule has 0 bridgehead atoms. The number of hydrogen-bond acceptors (Lipinski definition) is 2. The molecule has 2 aromatic rings. The summed E-state index contributed by atoms with van der Waals surface area (Å²) < 4.78 is 1.98. The first-order valence-electron chi connectivity index (χ1n) is 5.92. The number of rotatable bonds is 5. The van der Waals surface area contributed by atoms with E-state index in [2.05, 4.69) is 5.32 Å². The molecule has 5 nitrogen and oxygen atoms in total. The largest absolute Gasteiger partial charge is 0.369 e. The lowest BCUT2D eigenvalue weighted by Crippen LogP contribution is -2.27. The Hall–Kier alpha value is -2.56. The molecule has 98 valence electrons. The third-order valence-electron chi connectivity index (χ3n) is 2.64. The molecule has 19 heavy (non-hydrogen) atoms. The van der Waals surface area contributed by atoms with Crippen molar-refractivity contribution in [2.24, 2.45) is 5.73 Å². The number of amides is 2. The highest BCUT2D eigenvalue weighted by Gasteiger charge is 2.05. The Morgan fingerprint density at radius 3 is 2.58 bits per heavy atom. The number of benzene rings is 1. The van der Waals surface area contributed by atoms with Crippen LogP contribution in [0.4, 0.5) is 0 Å². The van der Waals surface area contributed by atoms with Crippen molar-refractivity contribution in [2.45, 2.75) is 13.0 Å². The zero-order valence-corrected chi connectivity index (χ0v) is 10.4. The summed E-state index contributed by atoms with van der Waals surface area (Å²) in [5.41, 5.74) is 6.93. The van der Waals surface area contributed by atoms with Gasteiger partial charge in [-0.25, -0.2) is 0 Å². The Kier molecular flexibility index (Phi) is 3.97. The van der Waals surface area contributed by atoms with Crippen molar-refractivity contribution in [3.8, 4) is 5.69 Å². The Bertz CT molecular complexity index is 576. The van der Waals surface area contributed by atoms with Crippen LogP contribution in [0.25, 0.3) is 5.69 Å².